The van der Waals surface area contributed by atoms with E-state index in [0.717, 1.165) is 58.2 Å². The number of nitrogens with two attached hydrogens (primary N) is 2. The Bertz CT molecular complexity index is 3420. The zero-order chi connectivity index (χ0) is 63.5. The molecule has 0 atom stereocenters. The second kappa shape index (κ2) is 39.7. The van der Waals surface area contributed by atoms with E-state index in [1.54, 1.807) is 6.07 Å². The molecule has 2 aliphatic rings. The third-order valence-electron chi connectivity index (χ3n) is 9.98. The van der Waals surface area contributed by atoms with Gasteiger partial charge in [0.25, 0.3) is 10.0 Å². The number of amides is 2. The summed E-state index contributed by atoms with van der Waals surface area (Å²) in [7, 11) is 0. The molecule has 0 spiro atoms. The van der Waals surface area contributed by atoms with Crippen molar-refractivity contribution in [3.63, 3.8) is 0 Å². The summed E-state index contributed by atoms with van der Waals surface area (Å²) < 4.78 is 0.418. The zero-order valence-electron chi connectivity index (χ0n) is 46.6. The summed E-state index contributed by atoms with van der Waals surface area (Å²) in [6, 6.07) is 10.7. The highest BCUT2D eigenvalue weighted by Gasteiger charge is 2.21. The summed E-state index contributed by atoms with van der Waals surface area (Å²) in [5, 5.41) is 35.7. The summed E-state index contributed by atoms with van der Waals surface area (Å²) in [6.07, 6.45) is 11.5. The normalized spacial score (nSPS) is 12.3. The smallest absolute Gasteiger partial charge is 0.262 e. The van der Waals surface area contributed by atoms with Crippen molar-refractivity contribution in [3.05, 3.63) is 132 Å². The van der Waals surface area contributed by atoms with Crippen molar-refractivity contribution in [2.45, 2.75) is 39.8 Å². The molecule has 8 aromatic heterocycles. The van der Waals surface area contributed by atoms with Gasteiger partial charge in [0.15, 0.2) is 19.9 Å². The molecule has 2 amide bonds. The maximum atomic E-state index is 11.9. The first-order valence-corrected chi connectivity index (χ1v) is 30.4. The van der Waals surface area contributed by atoms with Crippen molar-refractivity contribution in [1.82, 2.24) is 85.6 Å². The summed E-state index contributed by atoms with van der Waals surface area (Å²) in [5.74, 6) is 2.63. The number of nitriles is 2. The monoisotopic (exact) mass is 1350 g/mol. The molecule has 0 saturated carbocycles. The van der Waals surface area contributed by atoms with E-state index >= 15 is 0 Å². The van der Waals surface area contributed by atoms with Gasteiger partial charge in [0.05, 0.1) is 38.6 Å². The number of aromatic nitrogens is 12. The Kier molecular flexibility index (Phi) is 32.7. The van der Waals surface area contributed by atoms with Crippen LogP contribution in [-0.2, 0) is 9.59 Å². The second-order valence-electron chi connectivity index (χ2n) is 17.4. The maximum Gasteiger partial charge on any atom is 0.262 e. The van der Waals surface area contributed by atoms with E-state index in [4.69, 9.17) is 93.1 Å². The quantitative estimate of drug-likeness (QED) is 0.0469. The van der Waals surface area contributed by atoms with Crippen LogP contribution in [0.25, 0.3) is 9.69 Å². The molecule has 456 valence electrons. The standard InChI is InChI=1S/C17H22N8OS.C9H19N3O.C8H4ClN5S.C4H2Cl2N2.C4H4ClN3.C4HClN2S.C4H3N3S/c1-12(2)22-15(26)10-24-4-6-25(7-5-24)14-8-13(20-11-21-14)23-17-19-9-16(18-3)27-17;1-8(2)11-9(13)7-12-5-3-10-4-6-12;1-10-7-3-11-8(15-7)14-6-2-5(9)12-4-13-6;2*5-3-1-4(6)8-2-7-3;5-4-7-2-3(1-6)8-4;5-1-3-2-7-4(6)8-3/h8-9,11-12H,4-7,10H2,1-2H3,(H,22,26)(H,19,20,21,23);8,10H,3-7H2,1-2H3,(H,11,13);2-4H,(H,11,12,13,14);1-2H;1-2H,(H2,6,7,8);2H;2H,(H2,6,7). The van der Waals surface area contributed by atoms with E-state index < -0.39 is 0 Å². The fourth-order valence-corrected chi connectivity index (χ4v) is 9.50. The molecule has 37 heteroatoms. The van der Waals surface area contributed by atoms with Crippen LogP contribution in [0.15, 0.2) is 74.4 Å². The van der Waals surface area contributed by atoms with E-state index in [1.165, 1.54) is 108 Å². The molecule has 2 saturated heterocycles. The maximum absolute atomic E-state index is 11.9. The van der Waals surface area contributed by atoms with Gasteiger partial charge in [0, 0.05) is 101 Å². The van der Waals surface area contributed by atoms with Gasteiger partial charge in [-0.1, -0.05) is 80.7 Å². The molecule has 2 aliphatic heterocycles. The molecule has 8 aromatic rings. The van der Waals surface area contributed by atoms with Crippen LogP contribution in [0.5, 0.6) is 0 Å². The van der Waals surface area contributed by atoms with Crippen LogP contribution in [0.2, 0.25) is 25.1 Å². The molecule has 2 fully saturated rings. The lowest BCUT2D eigenvalue weighted by Gasteiger charge is -2.35. The minimum absolute atomic E-state index is 0.0641. The van der Waals surface area contributed by atoms with Crippen molar-refractivity contribution in [2.24, 2.45) is 0 Å². The van der Waals surface area contributed by atoms with Crippen molar-refractivity contribution in [2.75, 3.05) is 92.4 Å². The number of carbonyl (C=O) groups excluding carboxylic acids is 2. The number of nitrogens with one attached hydrogen (secondary N) is 5. The number of rotatable bonds is 11. The van der Waals surface area contributed by atoms with Crippen molar-refractivity contribution in [1.29, 1.82) is 10.5 Å². The lowest BCUT2D eigenvalue weighted by molar-refractivity contribution is -0.123. The SMILES string of the molecule is CC(C)NC(=O)CN1CCNCC1.Clc1cc(Cl)ncn1.N#Cc1cnc(Cl)s1.N#Cc1cnc(N)s1.Nc1cc(Cl)ncn1.[C-]#[N+]c1cnc(Nc2cc(Cl)ncn2)s1.[C-]#[N+]c1cnc(Nc2cc(N3CCN(CC(=O)NC(C)C)CC3)ncn2)s1. The van der Waals surface area contributed by atoms with E-state index in [1.807, 2.05) is 45.9 Å². The minimum Gasteiger partial charge on any atom is -0.384 e. The van der Waals surface area contributed by atoms with Gasteiger partial charge in [-0.15, -0.1) is 22.7 Å². The largest absolute Gasteiger partial charge is 0.384 e. The molecule has 10 heterocycles. The first-order chi connectivity index (χ1) is 41.7. The summed E-state index contributed by atoms with van der Waals surface area (Å²) >= 11 is 32.2. The molecular formula is C50H55Cl5N26O2S4. The van der Waals surface area contributed by atoms with Gasteiger partial charge < -0.3 is 43.0 Å². The van der Waals surface area contributed by atoms with Crippen molar-refractivity contribution in [3.8, 4) is 12.1 Å². The second-order valence-corrected chi connectivity index (χ2v) is 23.6. The number of carbonyl (C=O) groups is 2. The fraction of sp³-hybridized carbons (Fsp3) is 0.320. The van der Waals surface area contributed by atoms with Crippen LogP contribution >= 0.6 is 103 Å². The van der Waals surface area contributed by atoms with Crippen LogP contribution in [0.4, 0.5) is 48.7 Å². The molecule has 0 radical (unpaired) electrons. The van der Waals surface area contributed by atoms with Gasteiger partial charge in [0.2, 0.25) is 11.8 Å². The van der Waals surface area contributed by atoms with Gasteiger partial charge in [0.1, 0.15) is 91.1 Å². The van der Waals surface area contributed by atoms with Crippen LogP contribution in [0.3, 0.4) is 0 Å². The van der Waals surface area contributed by atoms with E-state index in [0.29, 0.717) is 90.8 Å². The molecule has 87 heavy (non-hydrogen) atoms. The lowest BCUT2D eigenvalue weighted by atomic mass is 10.3. The summed E-state index contributed by atoms with van der Waals surface area (Å²) in [6.45, 7) is 29.8. The Labute approximate surface area is 542 Å². The molecule has 10 rings (SSSR count). The van der Waals surface area contributed by atoms with E-state index in [9.17, 15) is 9.59 Å². The van der Waals surface area contributed by atoms with Gasteiger partial charge in [-0.3, -0.25) is 19.4 Å². The fourth-order valence-electron chi connectivity index (χ4n) is 6.41. The Hall–Kier alpha value is -7.93. The molecule has 9 N–H and O–H groups in total. The molecule has 28 nitrogen and oxygen atoms in total. The highest BCUT2D eigenvalue weighted by Crippen LogP contribution is 2.29. The number of nitrogen functional groups attached to an aromatic ring is 2. The number of anilines is 7. The molecular weight excluding hydrogens is 1300 g/mol. The number of hydrogen-bond acceptors (Lipinski definition) is 28. The third-order valence-corrected chi connectivity index (χ3v) is 14.2. The number of piperazine rings is 2. The van der Waals surface area contributed by atoms with Crippen molar-refractivity contribution < 1.29 is 9.59 Å². The average Bonchev–Trinajstić information content (AvgIpc) is 4.19. The molecule has 0 bridgehead atoms. The van der Waals surface area contributed by atoms with Gasteiger partial charge in [-0.2, -0.15) is 10.5 Å². The topological polar surface area (TPSA) is 367 Å². The highest BCUT2D eigenvalue weighted by atomic mass is 35.5. The predicted octanol–water partition coefficient (Wildman–Crippen LogP) is 8.93. The van der Waals surface area contributed by atoms with E-state index in [2.05, 4.69) is 111 Å². The van der Waals surface area contributed by atoms with Gasteiger partial charge in [-0.05, 0) is 27.7 Å². The summed E-state index contributed by atoms with van der Waals surface area (Å²) in [4.78, 5) is 83.7. The first kappa shape index (κ1) is 71.6. The predicted molar refractivity (Wildman–Crippen MR) is 343 cm³/mol. The third kappa shape index (κ3) is 30.3. The summed E-state index contributed by atoms with van der Waals surface area (Å²) in [5.41, 5.74) is 10.4. The van der Waals surface area contributed by atoms with E-state index in [-0.39, 0.29) is 23.9 Å². The van der Waals surface area contributed by atoms with Crippen LogP contribution in [-0.4, -0.2) is 159 Å². The Morgan fingerprint density at radius 1 is 0.586 bits per heavy atom. The minimum atomic E-state index is 0.0641. The van der Waals surface area contributed by atoms with Crippen LogP contribution in [0.1, 0.15) is 37.4 Å². The number of nitrogens with zero attached hydrogens (tertiary/aromatic N) is 19. The highest BCUT2D eigenvalue weighted by molar-refractivity contribution is 7.20. The number of thiazole rings is 4. The van der Waals surface area contributed by atoms with Gasteiger partial charge >= 0.3 is 0 Å². The number of hydrogen-bond donors (Lipinski definition) is 7. The Morgan fingerprint density at radius 2 is 1.05 bits per heavy atom. The zero-order valence-corrected chi connectivity index (χ0v) is 53.7. The Morgan fingerprint density at radius 3 is 1.43 bits per heavy atom. The van der Waals surface area contributed by atoms with Crippen molar-refractivity contribution >= 4 is 164 Å². The average molecular weight is 1360 g/mol. The Balaban J connectivity index is 0.000000232. The molecule has 0 aliphatic carbocycles. The molecule has 0 aromatic carbocycles. The lowest BCUT2D eigenvalue weighted by Crippen LogP contribution is -2.50. The van der Waals surface area contributed by atoms with Crippen LogP contribution in [0, 0.1) is 35.8 Å². The number of halogens is 5. The first-order valence-electron chi connectivity index (χ1n) is 25.2. The van der Waals surface area contributed by atoms with Crippen LogP contribution < -0.4 is 43.0 Å². The molecule has 0 unspecified atom stereocenters. The van der Waals surface area contributed by atoms with Gasteiger partial charge in [-0.25, -0.2) is 69.5 Å².